The van der Waals surface area contributed by atoms with E-state index in [1.807, 2.05) is 19.1 Å². The molecule has 12 unspecified atom stereocenters. The van der Waals surface area contributed by atoms with Gasteiger partial charge in [0.05, 0.1) is 32.0 Å². The fourth-order valence-corrected chi connectivity index (χ4v) is 7.64. The summed E-state index contributed by atoms with van der Waals surface area (Å²) in [6, 6.07) is -0.960. The number of aliphatic hydroxyl groups excluding tert-OH is 8. The van der Waals surface area contributed by atoms with Crippen molar-refractivity contribution in [2.24, 2.45) is 0 Å². The maximum Gasteiger partial charge on any atom is 0.220 e. The highest BCUT2D eigenvalue weighted by Crippen LogP contribution is 2.30. The molecular weight excluding hydrogens is 919 g/mol. The van der Waals surface area contributed by atoms with Crippen molar-refractivity contribution in [1.82, 2.24) is 5.32 Å². The summed E-state index contributed by atoms with van der Waals surface area (Å²) in [6.45, 7) is 2.35. The van der Waals surface area contributed by atoms with E-state index in [0.29, 0.717) is 12.8 Å². The van der Waals surface area contributed by atoms with E-state index in [0.717, 1.165) is 96.3 Å². The number of rotatable bonds is 38. The summed E-state index contributed by atoms with van der Waals surface area (Å²) < 4.78 is 22.6. The Kier molecular flexibility index (Phi) is 37.9. The third-order valence-electron chi connectivity index (χ3n) is 11.9. The second kappa shape index (κ2) is 42.5. The van der Waals surface area contributed by atoms with Crippen LogP contribution in [-0.2, 0) is 23.7 Å². The fraction of sp³-hybridized carbons (Fsp3) is 0.603. The van der Waals surface area contributed by atoms with Crippen LogP contribution in [0.5, 0.6) is 0 Å². The molecule has 2 rings (SSSR count). The Hall–Kier alpha value is -3.87. The molecule has 406 valence electrons. The molecule has 14 nitrogen and oxygen atoms in total. The van der Waals surface area contributed by atoms with Crippen molar-refractivity contribution in [2.75, 3.05) is 19.8 Å². The zero-order valence-corrected chi connectivity index (χ0v) is 43.1. The highest BCUT2D eigenvalue weighted by Gasteiger charge is 2.51. The minimum atomic E-state index is -1.80. The van der Waals surface area contributed by atoms with Crippen LogP contribution in [0.3, 0.4) is 0 Å². The Morgan fingerprint density at radius 3 is 1.51 bits per heavy atom. The molecule has 12 atom stereocenters. The number of amides is 1. The van der Waals surface area contributed by atoms with Gasteiger partial charge in [-0.05, 0) is 103 Å². The quantitative estimate of drug-likeness (QED) is 0.0214. The average molecular weight is 1010 g/mol. The number of carbonyl (C=O) groups excluding carboxylic acids is 1. The van der Waals surface area contributed by atoms with Crippen molar-refractivity contribution in [3.05, 3.63) is 134 Å². The SMILES string of the molecule is C/C=C/CC/C=C/CC/C=C/C(O)C(COC1OC(CO)C(OC2OC(CO)C(O)C(O)C2O)C(O)C1O)NC(=O)CCCCCC/C=C\C/C=C\C/C=C\C/C=C\C/C=C\C/C=C\C/C=C\C/C=C\CC. The van der Waals surface area contributed by atoms with Gasteiger partial charge in [0.25, 0.3) is 0 Å². The van der Waals surface area contributed by atoms with Gasteiger partial charge in [-0.2, -0.15) is 0 Å². The topological polar surface area (TPSA) is 228 Å². The van der Waals surface area contributed by atoms with Gasteiger partial charge < -0.3 is 65.1 Å². The minimum Gasteiger partial charge on any atom is -0.394 e. The van der Waals surface area contributed by atoms with Crippen LogP contribution < -0.4 is 5.32 Å². The van der Waals surface area contributed by atoms with Crippen molar-refractivity contribution in [1.29, 1.82) is 0 Å². The molecule has 2 saturated heterocycles. The van der Waals surface area contributed by atoms with Crippen LogP contribution in [0.25, 0.3) is 0 Å². The van der Waals surface area contributed by atoms with Crippen LogP contribution in [-0.4, -0.2) is 140 Å². The molecule has 0 saturated carbocycles. The second-order valence-electron chi connectivity index (χ2n) is 17.9. The van der Waals surface area contributed by atoms with E-state index in [9.17, 15) is 45.6 Å². The molecule has 14 heteroatoms. The molecule has 0 aromatic rings. The average Bonchev–Trinajstić information content (AvgIpc) is 3.38. The van der Waals surface area contributed by atoms with Crippen LogP contribution in [0.2, 0.25) is 0 Å². The first kappa shape index (κ1) is 64.2. The first-order valence-electron chi connectivity index (χ1n) is 26.4. The summed E-state index contributed by atoms with van der Waals surface area (Å²) >= 11 is 0. The molecule has 0 aliphatic carbocycles. The van der Waals surface area contributed by atoms with E-state index < -0.39 is 86.8 Å². The Balaban J connectivity index is 1.75. The zero-order valence-electron chi connectivity index (χ0n) is 43.1. The second-order valence-corrected chi connectivity index (χ2v) is 17.9. The van der Waals surface area contributed by atoms with Crippen LogP contribution in [0, 0.1) is 0 Å². The largest absolute Gasteiger partial charge is 0.394 e. The number of unbranched alkanes of at least 4 members (excludes halogenated alkanes) is 6. The van der Waals surface area contributed by atoms with Gasteiger partial charge in [0, 0.05) is 6.42 Å². The standard InChI is InChI=1S/C58H91NO13/c1-3-5-7-9-11-13-14-15-16-17-18-19-20-21-22-23-24-25-26-27-28-29-30-31-32-34-36-38-40-42-50(63)59-46(47(62)41-39-37-35-33-12-10-8-6-4-2)45-69-57-55(68)53(66)56(49(44-61)71-57)72-58-54(67)52(65)51(64)48(43-60)70-58/h4-7,11-13,15-16,18-19,21-22,24-25,27-28,30-31,33,39,41,46-49,51-58,60-62,64-68H,3,8-10,14,17,20,23,26,29,32,34-38,40,42-45H2,1-2H3,(H,59,63)/b6-4+,7-5-,13-11-,16-15-,19-18-,22-21-,25-24-,28-27-,31-30-,33-12+,41-39+. The molecule has 0 spiro atoms. The molecule has 2 aliphatic heterocycles. The van der Waals surface area contributed by atoms with E-state index in [-0.39, 0.29) is 18.9 Å². The van der Waals surface area contributed by atoms with Gasteiger partial charge >= 0.3 is 0 Å². The first-order valence-corrected chi connectivity index (χ1v) is 26.4. The van der Waals surface area contributed by atoms with Crippen molar-refractivity contribution in [2.45, 2.75) is 203 Å². The molecule has 2 fully saturated rings. The summed E-state index contributed by atoms with van der Waals surface area (Å²) in [5.74, 6) is -0.290. The van der Waals surface area contributed by atoms with Crippen LogP contribution >= 0.6 is 0 Å². The highest BCUT2D eigenvalue weighted by molar-refractivity contribution is 5.76. The van der Waals surface area contributed by atoms with Gasteiger partial charge in [-0.3, -0.25) is 4.79 Å². The summed E-state index contributed by atoms with van der Waals surface area (Å²) in [6.07, 6.45) is 45.3. The van der Waals surface area contributed by atoms with E-state index in [1.165, 1.54) is 0 Å². The predicted molar refractivity (Wildman–Crippen MR) is 285 cm³/mol. The van der Waals surface area contributed by atoms with Gasteiger partial charge in [0.2, 0.25) is 5.91 Å². The Morgan fingerprint density at radius 2 is 0.986 bits per heavy atom. The van der Waals surface area contributed by atoms with Gasteiger partial charge in [-0.15, -0.1) is 0 Å². The molecule has 0 aromatic carbocycles. The highest BCUT2D eigenvalue weighted by atomic mass is 16.7. The zero-order chi connectivity index (χ0) is 52.4. The number of hydrogen-bond acceptors (Lipinski definition) is 13. The van der Waals surface area contributed by atoms with Crippen molar-refractivity contribution < 1.29 is 64.6 Å². The van der Waals surface area contributed by atoms with Crippen molar-refractivity contribution in [3.8, 4) is 0 Å². The smallest absolute Gasteiger partial charge is 0.220 e. The fourth-order valence-electron chi connectivity index (χ4n) is 7.64. The molecule has 2 heterocycles. The van der Waals surface area contributed by atoms with Gasteiger partial charge in [-0.1, -0.05) is 153 Å². The lowest BCUT2D eigenvalue weighted by molar-refractivity contribution is -0.359. The summed E-state index contributed by atoms with van der Waals surface area (Å²) in [5, 5.41) is 86.5. The molecule has 72 heavy (non-hydrogen) atoms. The van der Waals surface area contributed by atoms with E-state index in [4.69, 9.17) is 18.9 Å². The van der Waals surface area contributed by atoms with E-state index >= 15 is 0 Å². The van der Waals surface area contributed by atoms with Gasteiger partial charge in [0.15, 0.2) is 12.6 Å². The minimum absolute atomic E-state index is 0.229. The number of ether oxygens (including phenoxy) is 4. The number of carbonyl (C=O) groups is 1. The Bertz CT molecular complexity index is 1710. The summed E-state index contributed by atoms with van der Waals surface area (Å²) in [7, 11) is 0. The molecule has 0 bridgehead atoms. The number of nitrogens with one attached hydrogen (secondary N) is 1. The van der Waals surface area contributed by atoms with Crippen LogP contribution in [0.15, 0.2) is 134 Å². The van der Waals surface area contributed by atoms with Crippen LogP contribution in [0.1, 0.15) is 129 Å². The monoisotopic (exact) mass is 1010 g/mol. The lowest BCUT2D eigenvalue weighted by Crippen LogP contribution is -2.65. The third-order valence-corrected chi connectivity index (χ3v) is 11.9. The summed E-state index contributed by atoms with van der Waals surface area (Å²) in [5.41, 5.74) is 0. The normalized spacial score (nSPS) is 26.7. The summed E-state index contributed by atoms with van der Waals surface area (Å²) in [4.78, 5) is 13.1. The van der Waals surface area contributed by atoms with Gasteiger partial charge in [-0.25, -0.2) is 0 Å². The van der Waals surface area contributed by atoms with E-state index in [2.05, 4.69) is 128 Å². The maximum atomic E-state index is 13.1. The number of aliphatic hydroxyl groups is 8. The molecular formula is C58H91NO13. The van der Waals surface area contributed by atoms with Crippen molar-refractivity contribution >= 4 is 5.91 Å². The Labute approximate surface area is 430 Å². The predicted octanol–water partition coefficient (Wildman–Crippen LogP) is 7.65. The molecule has 9 N–H and O–H groups in total. The number of allylic oxidation sites excluding steroid dienone is 21. The van der Waals surface area contributed by atoms with Gasteiger partial charge in [0.1, 0.15) is 48.8 Å². The molecule has 0 aromatic heterocycles. The number of hydrogen-bond donors (Lipinski definition) is 9. The molecule has 0 radical (unpaired) electrons. The third kappa shape index (κ3) is 28.5. The lowest BCUT2D eigenvalue weighted by Gasteiger charge is -2.46. The van der Waals surface area contributed by atoms with E-state index in [1.54, 1.807) is 6.08 Å². The van der Waals surface area contributed by atoms with Crippen LogP contribution in [0.4, 0.5) is 0 Å². The lowest BCUT2D eigenvalue weighted by atomic mass is 9.97. The molecule has 2 aliphatic rings. The van der Waals surface area contributed by atoms with Crippen molar-refractivity contribution in [3.63, 3.8) is 0 Å². The maximum absolute atomic E-state index is 13.1. The Morgan fingerprint density at radius 1 is 0.528 bits per heavy atom. The molecule has 1 amide bonds. The first-order chi connectivity index (χ1) is 35.1.